The molecule has 0 spiro atoms. The molecule has 2 amide bonds. The maximum atomic E-state index is 12.8. The van der Waals surface area contributed by atoms with Crippen molar-refractivity contribution in [3.8, 4) is 5.75 Å². The standard InChI is InChI=1S/C26H25N3O3S/c1-17-12-14-20(16-18(17)2)27-25(31)21-9-5-6-10-22(21)28-26(33)29-24(30)15-13-19-8-4-7-11-23(19)32-3/h4-16H,1-3H3,(H,27,31)(H2,28,29,30,33)/b15-13+. The lowest BCUT2D eigenvalue weighted by molar-refractivity contribution is -0.115. The first kappa shape index (κ1) is 23.7. The summed E-state index contributed by atoms with van der Waals surface area (Å²) in [5, 5.41) is 8.49. The second kappa shape index (κ2) is 11.1. The molecule has 0 aromatic heterocycles. The van der Waals surface area contributed by atoms with Crippen LogP contribution in [0.2, 0.25) is 0 Å². The van der Waals surface area contributed by atoms with Crippen LogP contribution in [0.5, 0.6) is 5.75 Å². The monoisotopic (exact) mass is 459 g/mol. The van der Waals surface area contributed by atoms with Gasteiger partial charge in [0.2, 0.25) is 5.91 Å². The molecule has 3 rings (SSSR count). The maximum absolute atomic E-state index is 12.8. The van der Waals surface area contributed by atoms with Crippen LogP contribution in [0.15, 0.2) is 72.8 Å². The van der Waals surface area contributed by atoms with Crippen molar-refractivity contribution in [2.45, 2.75) is 13.8 Å². The fourth-order valence-corrected chi connectivity index (χ4v) is 3.29. The number of amides is 2. The van der Waals surface area contributed by atoms with E-state index in [2.05, 4.69) is 16.0 Å². The van der Waals surface area contributed by atoms with Crippen LogP contribution >= 0.6 is 12.2 Å². The average molecular weight is 460 g/mol. The molecule has 168 valence electrons. The maximum Gasteiger partial charge on any atom is 0.257 e. The van der Waals surface area contributed by atoms with Gasteiger partial charge in [0.1, 0.15) is 5.75 Å². The van der Waals surface area contributed by atoms with Gasteiger partial charge in [0, 0.05) is 17.3 Å². The van der Waals surface area contributed by atoms with Gasteiger partial charge >= 0.3 is 0 Å². The summed E-state index contributed by atoms with van der Waals surface area (Å²) >= 11 is 5.27. The smallest absolute Gasteiger partial charge is 0.257 e. The van der Waals surface area contributed by atoms with Crippen LogP contribution in [-0.2, 0) is 4.79 Å². The second-order valence-corrected chi connectivity index (χ2v) is 7.73. The average Bonchev–Trinajstić information content (AvgIpc) is 2.80. The molecule has 0 aliphatic carbocycles. The number of carbonyl (C=O) groups excluding carboxylic acids is 2. The van der Waals surface area contributed by atoms with Crippen LogP contribution < -0.4 is 20.7 Å². The number of methoxy groups -OCH3 is 1. The number of hydrogen-bond donors (Lipinski definition) is 3. The van der Waals surface area contributed by atoms with Crippen molar-refractivity contribution in [1.82, 2.24) is 5.32 Å². The van der Waals surface area contributed by atoms with E-state index >= 15 is 0 Å². The van der Waals surface area contributed by atoms with Crippen molar-refractivity contribution in [3.05, 3.63) is 95.1 Å². The number of hydrogen-bond acceptors (Lipinski definition) is 4. The SMILES string of the molecule is COc1ccccc1/C=C/C(=O)NC(=S)Nc1ccccc1C(=O)Nc1ccc(C)c(C)c1. The number of anilines is 2. The van der Waals surface area contributed by atoms with Crippen molar-refractivity contribution < 1.29 is 14.3 Å². The highest BCUT2D eigenvalue weighted by Crippen LogP contribution is 2.20. The lowest BCUT2D eigenvalue weighted by atomic mass is 10.1. The van der Waals surface area contributed by atoms with Crippen molar-refractivity contribution >= 4 is 46.6 Å². The first-order chi connectivity index (χ1) is 15.9. The zero-order valence-corrected chi connectivity index (χ0v) is 19.5. The van der Waals surface area contributed by atoms with Crippen molar-refractivity contribution in [1.29, 1.82) is 0 Å². The summed E-state index contributed by atoms with van der Waals surface area (Å²) in [6.45, 7) is 4.00. The van der Waals surface area contributed by atoms with Gasteiger partial charge in [-0.05, 0) is 73.6 Å². The molecule has 3 N–H and O–H groups in total. The summed E-state index contributed by atoms with van der Waals surface area (Å²) in [6.07, 6.45) is 3.01. The summed E-state index contributed by atoms with van der Waals surface area (Å²) in [6, 6.07) is 20.0. The van der Waals surface area contributed by atoms with Crippen molar-refractivity contribution in [2.24, 2.45) is 0 Å². The van der Waals surface area contributed by atoms with Crippen LogP contribution in [0.3, 0.4) is 0 Å². The van der Waals surface area contributed by atoms with E-state index < -0.39 is 5.91 Å². The predicted octanol–water partition coefficient (Wildman–Crippen LogP) is 5.09. The Hall–Kier alpha value is -3.97. The number of carbonyl (C=O) groups is 2. The van der Waals surface area contributed by atoms with Gasteiger partial charge in [0.15, 0.2) is 5.11 Å². The highest BCUT2D eigenvalue weighted by Gasteiger charge is 2.13. The largest absolute Gasteiger partial charge is 0.496 e. The van der Waals surface area contributed by atoms with Gasteiger partial charge in [-0.1, -0.05) is 36.4 Å². The molecule has 33 heavy (non-hydrogen) atoms. The summed E-state index contributed by atoms with van der Waals surface area (Å²) in [5.41, 5.74) is 4.59. The van der Waals surface area contributed by atoms with E-state index in [-0.39, 0.29) is 11.0 Å². The van der Waals surface area contributed by atoms with Crippen LogP contribution in [-0.4, -0.2) is 24.0 Å². The highest BCUT2D eigenvalue weighted by atomic mass is 32.1. The third kappa shape index (κ3) is 6.51. The van der Waals surface area contributed by atoms with E-state index in [9.17, 15) is 9.59 Å². The number of aryl methyl sites for hydroxylation is 2. The molecule has 0 saturated heterocycles. The van der Waals surface area contributed by atoms with E-state index in [0.717, 1.165) is 16.7 Å². The number of benzene rings is 3. The summed E-state index contributed by atoms with van der Waals surface area (Å²) < 4.78 is 5.27. The first-order valence-electron chi connectivity index (χ1n) is 10.3. The minimum atomic E-state index is -0.407. The van der Waals surface area contributed by atoms with Crippen molar-refractivity contribution in [2.75, 3.05) is 17.7 Å². The van der Waals surface area contributed by atoms with Gasteiger partial charge in [-0.25, -0.2) is 0 Å². The lowest BCUT2D eigenvalue weighted by Gasteiger charge is -2.13. The highest BCUT2D eigenvalue weighted by molar-refractivity contribution is 7.80. The Bertz CT molecular complexity index is 1220. The number of thiocarbonyl (C=S) groups is 1. The molecule has 0 unspecified atom stereocenters. The van der Waals surface area contributed by atoms with Gasteiger partial charge in [0.05, 0.1) is 18.4 Å². The summed E-state index contributed by atoms with van der Waals surface area (Å²) in [4.78, 5) is 25.1. The van der Waals surface area contributed by atoms with Gasteiger partial charge in [-0.2, -0.15) is 0 Å². The van der Waals surface area contributed by atoms with Crippen LogP contribution in [0, 0.1) is 13.8 Å². The minimum Gasteiger partial charge on any atom is -0.496 e. The molecule has 0 saturated carbocycles. The third-order valence-corrected chi connectivity index (χ3v) is 5.18. The van der Waals surface area contributed by atoms with Gasteiger partial charge in [-0.3, -0.25) is 14.9 Å². The molecule has 0 aliphatic heterocycles. The third-order valence-electron chi connectivity index (χ3n) is 4.97. The molecule has 0 aliphatic rings. The second-order valence-electron chi connectivity index (χ2n) is 7.32. The molecule has 3 aromatic rings. The molecule has 3 aromatic carbocycles. The zero-order chi connectivity index (χ0) is 23.8. The summed E-state index contributed by atoms with van der Waals surface area (Å²) in [7, 11) is 1.57. The number of rotatable bonds is 6. The zero-order valence-electron chi connectivity index (χ0n) is 18.6. The Labute approximate surface area is 198 Å². The summed E-state index contributed by atoms with van der Waals surface area (Å²) in [5.74, 6) is -0.0343. The van der Waals surface area contributed by atoms with Gasteiger partial charge in [-0.15, -0.1) is 0 Å². The fraction of sp³-hybridized carbons (Fsp3) is 0.115. The molecule has 0 fully saturated rings. The Morgan fingerprint density at radius 3 is 2.39 bits per heavy atom. The van der Waals surface area contributed by atoms with Crippen molar-refractivity contribution in [3.63, 3.8) is 0 Å². The molecule has 0 atom stereocenters. The molecule has 0 heterocycles. The molecule has 0 bridgehead atoms. The number of nitrogens with one attached hydrogen (secondary N) is 3. The molecule has 6 nitrogen and oxygen atoms in total. The van der Waals surface area contributed by atoms with E-state index in [0.29, 0.717) is 22.7 Å². The van der Waals surface area contributed by atoms with Gasteiger partial charge in [0.25, 0.3) is 5.91 Å². The molecular weight excluding hydrogens is 434 g/mol. The number of ether oxygens (including phenoxy) is 1. The van der Waals surface area contributed by atoms with Crippen LogP contribution in [0.25, 0.3) is 6.08 Å². The van der Waals surface area contributed by atoms with Crippen LogP contribution in [0.1, 0.15) is 27.0 Å². The normalized spacial score (nSPS) is 10.5. The van der Waals surface area contributed by atoms with E-state index in [1.54, 1.807) is 37.5 Å². The molecule has 7 heteroatoms. The Morgan fingerprint density at radius 2 is 1.64 bits per heavy atom. The topological polar surface area (TPSA) is 79.5 Å². The lowest BCUT2D eigenvalue weighted by Crippen LogP contribution is -2.33. The minimum absolute atomic E-state index is 0.0797. The number of para-hydroxylation sites is 2. The fourth-order valence-electron chi connectivity index (χ4n) is 3.08. The quantitative estimate of drug-likeness (QED) is 0.353. The Kier molecular flexibility index (Phi) is 7.94. The molecular formula is C26H25N3O3S. The van der Waals surface area contributed by atoms with Crippen LogP contribution in [0.4, 0.5) is 11.4 Å². The van der Waals surface area contributed by atoms with E-state index in [4.69, 9.17) is 17.0 Å². The Morgan fingerprint density at radius 1 is 0.909 bits per heavy atom. The first-order valence-corrected chi connectivity index (χ1v) is 10.7. The van der Waals surface area contributed by atoms with E-state index in [1.807, 2.05) is 56.3 Å². The predicted molar refractivity (Wildman–Crippen MR) is 137 cm³/mol. The molecule has 0 radical (unpaired) electrons. The Balaban J connectivity index is 1.65. The van der Waals surface area contributed by atoms with Gasteiger partial charge < -0.3 is 15.4 Å². The van der Waals surface area contributed by atoms with E-state index in [1.165, 1.54) is 6.08 Å².